The van der Waals surface area contributed by atoms with Gasteiger partial charge in [-0.3, -0.25) is 14.6 Å². The summed E-state index contributed by atoms with van der Waals surface area (Å²) in [6, 6.07) is 3.07. The van der Waals surface area contributed by atoms with Gasteiger partial charge in [0.25, 0.3) is 5.91 Å². The first-order valence-corrected chi connectivity index (χ1v) is 6.18. The second-order valence-corrected chi connectivity index (χ2v) is 4.50. The third kappa shape index (κ3) is 3.06. The van der Waals surface area contributed by atoms with Crippen LogP contribution in [0.5, 0.6) is 0 Å². The summed E-state index contributed by atoms with van der Waals surface area (Å²) in [5, 5.41) is 5.54. The van der Waals surface area contributed by atoms with Gasteiger partial charge in [-0.15, -0.1) is 0 Å². The van der Waals surface area contributed by atoms with E-state index in [2.05, 4.69) is 15.6 Å². The summed E-state index contributed by atoms with van der Waals surface area (Å²) in [7, 11) is 0. The molecule has 0 saturated carbocycles. The fraction of sp³-hybridized carbons (Fsp3) is 0.462. The Kier molecular flexibility index (Phi) is 3.92. The maximum Gasteiger partial charge on any atom is 0.253 e. The molecule has 1 aromatic heterocycles. The van der Waals surface area contributed by atoms with E-state index in [-0.39, 0.29) is 11.8 Å². The number of hydrogen-bond donors (Lipinski definition) is 2. The Morgan fingerprint density at radius 3 is 3.00 bits per heavy atom. The van der Waals surface area contributed by atoms with Crippen LogP contribution in [-0.2, 0) is 4.79 Å². The van der Waals surface area contributed by atoms with Gasteiger partial charge in [0.1, 0.15) is 6.04 Å². The molecule has 18 heavy (non-hydrogen) atoms. The minimum absolute atomic E-state index is 0.0964. The standard InChI is InChI=1S/C13H17N3O2/c1-9-5-6-10(8-15-9)12(17)16-11-4-2-3-7-14-13(11)18/h5-6,8,11H,2-4,7H2,1H3,(H,14,18)(H,16,17)/t11-/m1/s1. The normalized spacial score (nSPS) is 19.8. The first kappa shape index (κ1) is 12.5. The minimum atomic E-state index is -0.429. The van der Waals surface area contributed by atoms with Crippen LogP contribution in [0.2, 0.25) is 0 Å². The molecule has 1 saturated heterocycles. The number of nitrogens with one attached hydrogen (secondary N) is 2. The van der Waals surface area contributed by atoms with Crippen molar-refractivity contribution in [2.24, 2.45) is 0 Å². The molecule has 2 N–H and O–H groups in total. The average molecular weight is 247 g/mol. The Labute approximate surface area is 106 Å². The minimum Gasteiger partial charge on any atom is -0.354 e. The van der Waals surface area contributed by atoms with Crippen LogP contribution >= 0.6 is 0 Å². The molecular weight excluding hydrogens is 230 g/mol. The Bertz CT molecular complexity index is 442. The summed E-state index contributed by atoms with van der Waals surface area (Å²) in [5.74, 6) is -0.342. The lowest BCUT2D eigenvalue weighted by molar-refractivity contribution is -0.122. The van der Waals surface area contributed by atoms with Crippen LogP contribution in [0.25, 0.3) is 0 Å². The quantitative estimate of drug-likeness (QED) is 0.811. The Morgan fingerprint density at radius 1 is 1.44 bits per heavy atom. The average Bonchev–Trinajstić information content (AvgIpc) is 2.56. The van der Waals surface area contributed by atoms with Crippen molar-refractivity contribution in [3.63, 3.8) is 0 Å². The lowest BCUT2D eigenvalue weighted by Crippen LogP contribution is -2.45. The molecule has 1 aliphatic heterocycles. The number of rotatable bonds is 2. The first-order chi connectivity index (χ1) is 8.66. The molecule has 0 aliphatic carbocycles. The van der Waals surface area contributed by atoms with E-state index < -0.39 is 6.04 Å². The van der Waals surface area contributed by atoms with E-state index in [1.54, 1.807) is 12.1 Å². The van der Waals surface area contributed by atoms with E-state index in [1.807, 2.05) is 6.92 Å². The molecule has 0 radical (unpaired) electrons. The molecule has 1 atom stereocenters. The predicted molar refractivity (Wildman–Crippen MR) is 67.1 cm³/mol. The Balaban J connectivity index is 2.01. The van der Waals surface area contributed by atoms with Gasteiger partial charge in [-0.1, -0.05) is 0 Å². The summed E-state index contributed by atoms with van der Waals surface area (Å²) in [4.78, 5) is 27.7. The second kappa shape index (κ2) is 5.62. The van der Waals surface area contributed by atoms with Crippen molar-refractivity contribution in [1.29, 1.82) is 0 Å². The second-order valence-electron chi connectivity index (χ2n) is 4.50. The highest BCUT2D eigenvalue weighted by Gasteiger charge is 2.22. The summed E-state index contributed by atoms with van der Waals surface area (Å²) < 4.78 is 0. The number of aryl methyl sites for hydroxylation is 1. The lowest BCUT2D eigenvalue weighted by Gasteiger charge is -2.15. The van der Waals surface area contributed by atoms with Crippen LogP contribution in [0, 0.1) is 6.92 Å². The van der Waals surface area contributed by atoms with E-state index in [4.69, 9.17) is 0 Å². The van der Waals surface area contributed by atoms with Crippen molar-refractivity contribution in [1.82, 2.24) is 15.6 Å². The molecular formula is C13H17N3O2. The van der Waals surface area contributed by atoms with Crippen LogP contribution in [0.4, 0.5) is 0 Å². The van der Waals surface area contributed by atoms with Crippen molar-refractivity contribution in [2.75, 3.05) is 6.54 Å². The fourth-order valence-corrected chi connectivity index (χ4v) is 1.92. The summed E-state index contributed by atoms with van der Waals surface area (Å²) in [6.45, 7) is 2.55. The molecule has 0 bridgehead atoms. The smallest absolute Gasteiger partial charge is 0.253 e. The van der Waals surface area contributed by atoms with Crippen molar-refractivity contribution in [2.45, 2.75) is 32.2 Å². The molecule has 1 aliphatic rings. The van der Waals surface area contributed by atoms with Gasteiger partial charge in [0.2, 0.25) is 5.91 Å². The molecule has 2 heterocycles. The van der Waals surface area contributed by atoms with E-state index in [0.717, 1.165) is 18.5 Å². The molecule has 96 valence electrons. The van der Waals surface area contributed by atoms with Crippen LogP contribution in [-0.4, -0.2) is 29.4 Å². The number of carbonyl (C=O) groups excluding carboxylic acids is 2. The largest absolute Gasteiger partial charge is 0.354 e. The number of hydrogen-bond acceptors (Lipinski definition) is 3. The van der Waals surface area contributed by atoms with Crippen molar-refractivity contribution in [3.8, 4) is 0 Å². The SMILES string of the molecule is Cc1ccc(C(=O)N[C@@H]2CCCCNC2=O)cn1. The van der Waals surface area contributed by atoms with E-state index >= 15 is 0 Å². The first-order valence-electron chi connectivity index (χ1n) is 6.18. The van der Waals surface area contributed by atoms with E-state index in [0.29, 0.717) is 18.5 Å². The highest BCUT2D eigenvalue weighted by atomic mass is 16.2. The third-order valence-electron chi connectivity index (χ3n) is 3.01. The van der Waals surface area contributed by atoms with Gasteiger partial charge in [-0.25, -0.2) is 0 Å². The molecule has 0 spiro atoms. The highest BCUT2D eigenvalue weighted by Crippen LogP contribution is 2.07. The zero-order chi connectivity index (χ0) is 13.0. The maximum atomic E-state index is 12.0. The summed E-state index contributed by atoms with van der Waals surface area (Å²) in [6.07, 6.45) is 4.12. The zero-order valence-electron chi connectivity index (χ0n) is 10.4. The van der Waals surface area contributed by atoms with Crippen LogP contribution in [0.1, 0.15) is 35.3 Å². The van der Waals surface area contributed by atoms with Crippen molar-refractivity contribution in [3.05, 3.63) is 29.6 Å². The lowest BCUT2D eigenvalue weighted by atomic mass is 10.1. The van der Waals surface area contributed by atoms with Gasteiger partial charge >= 0.3 is 0 Å². The molecule has 0 unspecified atom stereocenters. The molecule has 1 aromatic rings. The number of carbonyl (C=O) groups is 2. The molecule has 2 amide bonds. The van der Waals surface area contributed by atoms with Crippen LogP contribution in [0.15, 0.2) is 18.3 Å². The molecule has 5 nitrogen and oxygen atoms in total. The monoisotopic (exact) mass is 247 g/mol. The van der Waals surface area contributed by atoms with Crippen LogP contribution < -0.4 is 10.6 Å². The van der Waals surface area contributed by atoms with Gasteiger partial charge < -0.3 is 10.6 Å². The molecule has 1 fully saturated rings. The Hall–Kier alpha value is -1.91. The molecule has 0 aromatic carbocycles. The van der Waals surface area contributed by atoms with Gasteiger partial charge in [0.05, 0.1) is 5.56 Å². The fourth-order valence-electron chi connectivity index (χ4n) is 1.92. The van der Waals surface area contributed by atoms with Gasteiger partial charge in [-0.2, -0.15) is 0 Å². The van der Waals surface area contributed by atoms with Gasteiger partial charge in [-0.05, 0) is 38.3 Å². The van der Waals surface area contributed by atoms with E-state index in [1.165, 1.54) is 6.20 Å². The summed E-state index contributed by atoms with van der Waals surface area (Å²) >= 11 is 0. The molecule has 5 heteroatoms. The van der Waals surface area contributed by atoms with Crippen molar-refractivity contribution >= 4 is 11.8 Å². The highest BCUT2D eigenvalue weighted by molar-refractivity contribution is 5.97. The maximum absolute atomic E-state index is 12.0. The Morgan fingerprint density at radius 2 is 2.28 bits per heavy atom. The topological polar surface area (TPSA) is 71.1 Å². The number of aromatic nitrogens is 1. The summed E-state index contributed by atoms with van der Waals surface area (Å²) in [5.41, 5.74) is 1.34. The van der Waals surface area contributed by atoms with Gasteiger partial charge in [0, 0.05) is 18.4 Å². The van der Waals surface area contributed by atoms with Gasteiger partial charge in [0.15, 0.2) is 0 Å². The number of amides is 2. The molecule has 2 rings (SSSR count). The third-order valence-corrected chi connectivity index (χ3v) is 3.01. The zero-order valence-corrected chi connectivity index (χ0v) is 10.4. The number of pyridine rings is 1. The van der Waals surface area contributed by atoms with Crippen LogP contribution in [0.3, 0.4) is 0 Å². The van der Waals surface area contributed by atoms with E-state index in [9.17, 15) is 9.59 Å². The van der Waals surface area contributed by atoms with Crippen molar-refractivity contribution < 1.29 is 9.59 Å². The number of nitrogens with zero attached hydrogens (tertiary/aromatic N) is 1. The predicted octanol–water partition coefficient (Wildman–Crippen LogP) is 0.789.